The third kappa shape index (κ3) is 4.03. The normalized spacial score (nSPS) is 16.2. The molecule has 0 aliphatic carbocycles. The van der Waals surface area contributed by atoms with Gasteiger partial charge in [0.15, 0.2) is 18.0 Å². The van der Waals surface area contributed by atoms with Crippen molar-refractivity contribution in [2.24, 2.45) is 0 Å². The van der Waals surface area contributed by atoms with Crippen molar-refractivity contribution in [1.29, 1.82) is 0 Å². The number of rotatable bonds is 4. The Balaban J connectivity index is 1.26. The van der Waals surface area contributed by atoms with E-state index < -0.39 is 0 Å². The predicted octanol–water partition coefficient (Wildman–Crippen LogP) is 0.395. The molecule has 2 N–H and O–H groups in total. The first-order valence-corrected chi connectivity index (χ1v) is 9.06. The molecule has 1 saturated heterocycles. The zero-order valence-corrected chi connectivity index (χ0v) is 14.9. The minimum atomic E-state index is -0.0494. The standard InChI is InChI=1S/C20H21N3O4/c24-19(21-16-6-7-17-18(12-16)27-14-26-17)13-22-8-10-23(11-9-22)20(25)15-4-2-1-3-5-15/h1-7,12H,8-11,13-14H2,(H,21,24)/p+1. The molecule has 27 heavy (non-hydrogen) atoms. The van der Waals surface area contributed by atoms with Gasteiger partial charge in [-0.2, -0.15) is 0 Å². The summed E-state index contributed by atoms with van der Waals surface area (Å²) < 4.78 is 10.6. The molecule has 0 bridgehead atoms. The highest BCUT2D eigenvalue weighted by Gasteiger charge is 2.26. The molecule has 4 rings (SSSR count). The van der Waals surface area contributed by atoms with Gasteiger partial charge in [-0.05, 0) is 24.3 Å². The van der Waals surface area contributed by atoms with E-state index in [4.69, 9.17) is 9.47 Å². The smallest absolute Gasteiger partial charge is 0.279 e. The fourth-order valence-electron chi connectivity index (χ4n) is 3.37. The third-order valence-corrected chi connectivity index (χ3v) is 4.85. The lowest BCUT2D eigenvalue weighted by Gasteiger charge is -2.32. The number of nitrogens with zero attached hydrogens (tertiary/aromatic N) is 1. The zero-order chi connectivity index (χ0) is 18.6. The van der Waals surface area contributed by atoms with Crippen molar-refractivity contribution in [2.45, 2.75) is 0 Å². The van der Waals surface area contributed by atoms with Crippen LogP contribution in [0.25, 0.3) is 0 Å². The number of fused-ring (bicyclic) bond motifs is 1. The second-order valence-corrected chi connectivity index (χ2v) is 6.70. The number of hydrogen-bond donors (Lipinski definition) is 2. The highest BCUT2D eigenvalue weighted by molar-refractivity contribution is 5.94. The second kappa shape index (κ2) is 7.67. The van der Waals surface area contributed by atoms with Crippen LogP contribution >= 0.6 is 0 Å². The van der Waals surface area contributed by atoms with Crippen molar-refractivity contribution in [3.63, 3.8) is 0 Å². The maximum atomic E-state index is 12.5. The summed E-state index contributed by atoms with van der Waals surface area (Å²) in [6, 6.07) is 14.7. The van der Waals surface area contributed by atoms with Crippen LogP contribution in [0.15, 0.2) is 48.5 Å². The number of piperazine rings is 1. The average Bonchev–Trinajstić information content (AvgIpc) is 3.16. The maximum absolute atomic E-state index is 12.5. The van der Waals surface area contributed by atoms with Gasteiger partial charge in [0.2, 0.25) is 6.79 Å². The van der Waals surface area contributed by atoms with Crippen LogP contribution in [-0.2, 0) is 4.79 Å². The van der Waals surface area contributed by atoms with E-state index in [2.05, 4.69) is 5.32 Å². The molecule has 7 nitrogen and oxygen atoms in total. The SMILES string of the molecule is O=C(C[NH+]1CCN(C(=O)c2ccccc2)CC1)Nc1ccc2c(c1)OCO2. The van der Waals surface area contributed by atoms with E-state index in [0.717, 1.165) is 13.1 Å². The number of hydrogen-bond acceptors (Lipinski definition) is 4. The van der Waals surface area contributed by atoms with Crippen LogP contribution in [0.3, 0.4) is 0 Å². The quantitative estimate of drug-likeness (QED) is 0.819. The van der Waals surface area contributed by atoms with Gasteiger partial charge in [-0.1, -0.05) is 18.2 Å². The van der Waals surface area contributed by atoms with Gasteiger partial charge >= 0.3 is 0 Å². The Morgan fingerprint density at radius 3 is 2.52 bits per heavy atom. The molecule has 0 aromatic heterocycles. The summed E-state index contributed by atoms with van der Waals surface area (Å²) >= 11 is 0. The van der Waals surface area contributed by atoms with Gasteiger partial charge in [-0.15, -0.1) is 0 Å². The minimum absolute atomic E-state index is 0.0494. The van der Waals surface area contributed by atoms with Gasteiger partial charge in [0, 0.05) is 17.3 Å². The van der Waals surface area contributed by atoms with Crippen LogP contribution in [-0.4, -0.2) is 56.2 Å². The van der Waals surface area contributed by atoms with E-state index in [9.17, 15) is 9.59 Å². The van der Waals surface area contributed by atoms with Crippen molar-refractivity contribution in [2.75, 3.05) is 44.8 Å². The molecule has 0 spiro atoms. The number of carbonyl (C=O) groups excluding carboxylic acids is 2. The maximum Gasteiger partial charge on any atom is 0.279 e. The summed E-state index contributed by atoms with van der Waals surface area (Å²) in [5.74, 6) is 1.34. The fraction of sp³-hybridized carbons (Fsp3) is 0.300. The molecule has 0 saturated carbocycles. The molecule has 0 radical (unpaired) electrons. The number of quaternary nitrogens is 1. The molecule has 140 valence electrons. The highest BCUT2D eigenvalue weighted by Crippen LogP contribution is 2.34. The van der Waals surface area contributed by atoms with Crippen LogP contribution < -0.4 is 19.7 Å². The summed E-state index contributed by atoms with van der Waals surface area (Å²) in [5, 5.41) is 2.90. The molecule has 7 heteroatoms. The molecule has 2 amide bonds. The van der Waals surface area contributed by atoms with Crippen molar-refractivity contribution >= 4 is 17.5 Å². The summed E-state index contributed by atoms with van der Waals surface area (Å²) in [6.45, 7) is 3.41. The van der Waals surface area contributed by atoms with Crippen molar-refractivity contribution < 1.29 is 24.0 Å². The number of nitrogens with one attached hydrogen (secondary N) is 2. The van der Waals surface area contributed by atoms with Crippen molar-refractivity contribution in [1.82, 2.24) is 4.90 Å². The summed E-state index contributed by atoms with van der Waals surface area (Å²) in [7, 11) is 0. The monoisotopic (exact) mass is 368 g/mol. The van der Waals surface area contributed by atoms with Gasteiger partial charge in [0.25, 0.3) is 11.8 Å². The molecule has 2 aromatic carbocycles. The van der Waals surface area contributed by atoms with E-state index in [1.54, 1.807) is 18.2 Å². The topological polar surface area (TPSA) is 72.3 Å². The van der Waals surface area contributed by atoms with E-state index in [-0.39, 0.29) is 18.6 Å². The molecule has 2 aromatic rings. The minimum Gasteiger partial charge on any atom is -0.454 e. The molecule has 0 unspecified atom stereocenters. The summed E-state index contributed by atoms with van der Waals surface area (Å²) in [5.41, 5.74) is 1.41. The van der Waals surface area contributed by atoms with E-state index in [1.807, 2.05) is 35.2 Å². The van der Waals surface area contributed by atoms with Gasteiger partial charge in [0.05, 0.1) is 26.2 Å². The lowest BCUT2D eigenvalue weighted by molar-refractivity contribution is -0.895. The van der Waals surface area contributed by atoms with Crippen LogP contribution in [0.5, 0.6) is 11.5 Å². The predicted molar refractivity (Wildman–Crippen MR) is 99.1 cm³/mol. The van der Waals surface area contributed by atoms with Gasteiger partial charge in [0.1, 0.15) is 0 Å². The Hall–Kier alpha value is -3.06. The molecule has 2 aliphatic heterocycles. The van der Waals surface area contributed by atoms with Crippen LogP contribution in [0.1, 0.15) is 10.4 Å². The number of benzene rings is 2. The van der Waals surface area contributed by atoms with Crippen LogP contribution in [0, 0.1) is 0 Å². The summed E-state index contributed by atoms with van der Waals surface area (Å²) in [6.07, 6.45) is 0. The van der Waals surface area contributed by atoms with Gasteiger partial charge in [-0.25, -0.2) is 0 Å². The highest BCUT2D eigenvalue weighted by atomic mass is 16.7. The fourth-order valence-corrected chi connectivity index (χ4v) is 3.37. The van der Waals surface area contributed by atoms with Gasteiger partial charge in [-0.3, -0.25) is 9.59 Å². The largest absolute Gasteiger partial charge is 0.454 e. The first-order valence-electron chi connectivity index (χ1n) is 9.06. The number of carbonyl (C=O) groups is 2. The third-order valence-electron chi connectivity index (χ3n) is 4.85. The Kier molecular flexibility index (Phi) is 4.93. The molecule has 0 atom stereocenters. The number of ether oxygens (including phenoxy) is 2. The molecule has 2 aliphatic rings. The molecular weight excluding hydrogens is 346 g/mol. The Morgan fingerprint density at radius 1 is 1.00 bits per heavy atom. The summed E-state index contributed by atoms with van der Waals surface area (Å²) in [4.78, 5) is 27.8. The number of amides is 2. The van der Waals surface area contributed by atoms with E-state index in [0.29, 0.717) is 42.4 Å². The first-order chi connectivity index (χ1) is 13.2. The molecule has 1 fully saturated rings. The molecule has 2 heterocycles. The second-order valence-electron chi connectivity index (χ2n) is 6.70. The van der Waals surface area contributed by atoms with E-state index in [1.165, 1.54) is 4.90 Å². The lowest BCUT2D eigenvalue weighted by atomic mass is 10.2. The van der Waals surface area contributed by atoms with Gasteiger partial charge < -0.3 is 24.6 Å². The lowest BCUT2D eigenvalue weighted by Crippen LogP contribution is -3.15. The van der Waals surface area contributed by atoms with Crippen LogP contribution in [0.4, 0.5) is 5.69 Å². The van der Waals surface area contributed by atoms with Crippen molar-refractivity contribution in [3.05, 3.63) is 54.1 Å². The van der Waals surface area contributed by atoms with E-state index >= 15 is 0 Å². The molecular formula is C20H22N3O4+. The Bertz CT molecular complexity index is 832. The zero-order valence-electron chi connectivity index (χ0n) is 14.9. The van der Waals surface area contributed by atoms with Crippen molar-refractivity contribution in [3.8, 4) is 11.5 Å². The van der Waals surface area contributed by atoms with Crippen LogP contribution in [0.2, 0.25) is 0 Å². The number of anilines is 1. The average molecular weight is 368 g/mol. The Morgan fingerprint density at radius 2 is 1.74 bits per heavy atom. The Labute approximate surface area is 157 Å². The first kappa shape index (κ1) is 17.4.